The average molecular weight is 308 g/mol. The molecule has 1 aliphatic heterocycles. The molecule has 1 fully saturated rings. The molecule has 0 bridgehead atoms. The van der Waals surface area contributed by atoms with Crippen LogP contribution in [0.15, 0.2) is 29.0 Å². The Bertz CT molecular complexity index is 582. The van der Waals surface area contributed by atoms with Crippen LogP contribution in [0.5, 0.6) is 0 Å². The number of aromatic nitrogens is 3. The van der Waals surface area contributed by atoms with Gasteiger partial charge in [-0.2, -0.15) is 4.98 Å². The smallest absolute Gasteiger partial charge is 0.251 e. The lowest BCUT2D eigenvalue weighted by atomic mass is 9.93. The van der Waals surface area contributed by atoms with E-state index in [1.54, 1.807) is 12.4 Å². The van der Waals surface area contributed by atoms with Crippen molar-refractivity contribution < 1.29 is 13.3 Å². The Morgan fingerprint density at radius 3 is 2.64 bits per heavy atom. The van der Waals surface area contributed by atoms with Gasteiger partial charge in [0.05, 0.1) is 6.54 Å². The second kappa shape index (κ2) is 6.91. The van der Waals surface area contributed by atoms with Gasteiger partial charge in [-0.05, 0) is 44.0 Å². The van der Waals surface area contributed by atoms with E-state index in [9.17, 15) is 8.78 Å². The van der Waals surface area contributed by atoms with Gasteiger partial charge >= 0.3 is 0 Å². The van der Waals surface area contributed by atoms with Crippen LogP contribution in [0.25, 0.3) is 11.4 Å². The van der Waals surface area contributed by atoms with Gasteiger partial charge in [-0.3, -0.25) is 9.88 Å². The predicted octanol–water partition coefficient (Wildman–Crippen LogP) is 2.65. The fraction of sp³-hybridized carbons (Fsp3) is 0.533. The lowest BCUT2D eigenvalue weighted by Crippen LogP contribution is -2.37. The van der Waals surface area contributed by atoms with Crippen molar-refractivity contribution in [3.63, 3.8) is 0 Å². The molecule has 0 atom stereocenters. The zero-order chi connectivity index (χ0) is 15.4. The SMILES string of the molecule is FC(F)CN1CCC(Cc2nc(-c3ccncc3)no2)CC1. The number of alkyl halides is 2. The number of pyridine rings is 1. The summed E-state index contributed by atoms with van der Waals surface area (Å²) in [7, 11) is 0. The van der Waals surface area contributed by atoms with E-state index in [1.807, 2.05) is 17.0 Å². The minimum absolute atomic E-state index is 0.126. The van der Waals surface area contributed by atoms with E-state index in [0.29, 0.717) is 37.1 Å². The normalized spacial score (nSPS) is 17.2. The second-order valence-electron chi connectivity index (χ2n) is 5.59. The van der Waals surface area contributed by atoms with Crippen molar-refractivity contribution in [3.05, 3.63) is 30.4 Å². The fourth-order valence-electron chi connectivity index (χ4n) is 2.77. The molecule has 118 valence electrons. The van der Waals surface area contributed by atoms with Crippen LogP contribution in [0.4, 0.5) is 8.78 Å². The highest BCUT2D eigenvalue weighted by atomic mass is 19.3. The van der Waals surface area contributed by atoms with Crippen LogP contribution in [0.1, 0.15) is 18.7 Å². The molecule has 5 nitrogen and oxygen atoms in total. The maximum atomic E-state index is 12.3. The zero-order valence-electron chi connectivity index (χ0n) is 12.2. The van der Waals surface area contributed by atoms with Crippen LogP contribution < -0.4 is 0 Å². The molecule has 0 unspecified atom stereocenters. The van der Waals surface area contributed by atoms with Gasteiger partial charge < -0.3 is 4.52 Å². The first-order valence-corrected chi connectivity index (χ1v) is 7.44. The van der Waals surface area contributed by atoms with Crippen molar-refractivity contribution >= 4 is 0 Å². The third kappa shape index (κ3) is 3.85. The number of halogens is 2. The highest BCUT2D eigenvalue weighted by Gasteiger charge is 2.23. The molecule has 2 aromatic heterocycles. The number of rotatable bonds is 5. The van der Waals surface area contributed by atoms with Gasteiger partial charge in [-0.15, -0.1) is 0 Å². The van der Waals surface area contributed by atoms with Crippen LogP contribution in [0, 0.1) is 5.92 Å². The lowest BCUT2D eigenvalue weighted by molar-refractivity contribution is 0.0681. The number of nitrogens with zero attached hydrogens (tertiary/aromatic N) is 4. The van der Waals surface area contributed by atoms with Crippen molar-refractivity contribution in [1.82, 2.24) is 20.0 Å². The molecule has 0 amide bonds. The predicted molar refractivity (Wildman–Crippen MR) is 76.4 cm³/mol. The lowest BCUT2D eigenvalue weighted by Gasteiger charge is -2.30. The molecule has 22 heavy (non-hydrogen) atoms. The van der Waals surface area contributed by atoms with Gasteiger partial charge in [0, 0.05) is 24.4 Å². The Morgan fingerprint density at radius 2 is 1.95 bits per heavy atom. The van der Waals surface area contributed by atoms with Gasteiger partial charge in [0.2, 0.25) is 11.7 Å². The van der Waals surface area contributed by atoms with Crippen molar-refractivity contribution in [2.75, 3.05) is 19.6 Å². The highest BCUT2D eigenvalue weighted by molar-refractivity contribution is 5.52. The van der Waals surface area contributed by atoms with Crippen LogP contribution in [0.3, 0.4) is 0 Å². The number of hydrogen-bond donors (Lipinski definition) is 0. The summed E-state index contributed by atoms with van der Waals surface area (Å²) in [5, 5.41) is 3.98. The molecule has 2 aromatic rings. The fourth-order valence-corrected chi connectivity index (χ4v) is 2.77. The molecule has 0 aliphatic carbocycles. The first-order chi connectivity index (χ1) is 10.7. The summed E-state index contributed by atoms with van der Waals surface area (Å²) in [5.41, 5.74) is 0.872. The van der Waals surface area contributed by atoms with E-state index in [1.165, 1.54) is 0 Å². The summed E-state index contributed by atoms with van der Waals surface area (Å²) < 4.78 is 30.0. The Labute approximate surface area is 127 Å². The van der Waals surface area contributed by atoms with Crippen LogP contribution in [0.2, 0.25) is 0 Å². The van der Waals surface area contributed by atoms with E-state index in [-0.39, 0.29) is 6.54 Å². The monoisotopic (exact) mass is 308 g/mol. The van der Waals surface area contributed by atoms with Crippen molar-refractivity contribution in [2.45, 2.75) is 25.7 Å². The maximum absolute atomic E-state index is 12.3. The summed E-state index contributed by atoms with van der Waals surface area (Å²) in [5.74, 6) is 1.59. The van der Waals surface area contributed by atoms with Crippen LogP contribution in [-0.4, -0.2) is 46.1 Å². The Balaban J connectivity index is 1.54. The Morgan fingerprint density at radius 1 is 1.23 bits per heavy atom. The highest BCUT2D eigenvalue weighted by Crippen LogP contribution is 2.23. The van der Waals surface area contributed by atoms with Crippen molar-refractivity contribution in [1.29, 1.82) is 0 Å². The Kier molecular flexibility index (Phi) is 4.72. The van der Waals surface area contributed by atoms with E-state index in [4.69, 9.17) is 4.52 Å². The van der Waals surface area contributed by atoms with Crippen molar-refractivity contribution in [3.8, 4) is 11.4 Å². The summed E-state index contributed by atoms with van der Waals surface area (Å²) in [6, 6.07) is 3.66. The third-order valence-corrected chi connectivity index (χ3v) is 3.97. The van der Waals surface area contributed by atoms with Crippen molar-refractivity contribution in [2.24, 2.45) is 5.92 Å². The molecule has 0 aromatic carbocycles. The molecule has 1 saturated heterocycles. The molecular formula is C15H18F2N4O. The molecule has 0 radical (unpaired) electrons. The minimum atomic E-state index is -2.25. The van der Waals surface area contributed by atoms with Gasteiger partial charge in [-0.1, -0.05) is 5.16 Å². The molecule has 0 saturated carbocycles. The van der Waals surface area contributed by atoms with Gasteiger partial charge in [0.1, 0.15) is 0 Å². The number of hydrogen-bond acceptors (Lipinski definition) is 5. The minimum Gasteiger partial charge on any atom is -0.339 e. The van der Waals surface area contributed by atoms with Crippen LogP contribution >= 0.6 is 0 Å². The first-order valence-electron chi connectivity index (χ1n) is 7.44. The first kappa shape index (κ1) is 15.0. The van der Waals surface area contributed by atoms with E-state index in [2.05, 4.69) is 15.1 Å². The average Bonchev–Trinajstić information content (AvgIpc) is 2.98. The standard InChI is InChI=1S/C15H18F2N4O/c16-13(17)10-21-7-3-11(4-8-21)9-14-19-15(20-22-14)12-1-5-18-6-2-12/h1-2,5-6,11,13H,3-4,7-10H2. The molecule has 0 N–H and O–H groups in total. The van der Waals surface area contributed by atoms with Gasteiger partial charge in [-0.25, -0.2) is 8.78 Å². The molecule has 7 heteroatoms. The van der Waals surface area contributed by atoms with Crippen LogP contribution in [-0.2, 0) is 6.42 Å². The molecule has 3 rings (SSSR count). The van der Waals surface area contributed by atoms with E-state index < -0.39 is 6.43 Å². The summed E-state index contributed by atoms with van der Waals surface area (Å²) in [4.78, 5) is 10.2. The van der Waals surface area contributed by atoms with Gasteiger partial charge in [0.25, 0.3) is 6.43 Å². The second-order valence-corrected chi connectivity index (χ2v) is 5.59. The zero-order valence-corrected chi connectivity index (χ0v) is 12.2. The molecule has 1 aliphatic rings. The largest absolute Gasteiger partial charge is 0.339 e. The molecule has 0 spiro atoms. The summed E-state index contributed by atoms with van der Waals surface area (Å²) in [6.45, 7) is 1.29. The quantitative estimate of drug-likeness (QED) is 0.850. The van der Waals surface area contributed by atoms with Gasteiger partial charge in [0.15, 0.2) is 0 Å². The Hall–Kier alpha value is -1.89. The van der Waals surface area contributed by atoms with E-state index in [0.717, 1.165) is 18.4 Å². The molecular weight excluding hydrogens is 290 g/mol. The van der Waals surface area contributed by atoms with E-state index >= 15 is 0 Å². The number of likely N-dealkylation sites (tertiary alicyclic amines) is 1. The third-order valence-electron chi connectivity index (χ3n) is 3.97. The maximum Gasteiger partial charge on any atom is 0.251 e. The summed E-state index contributed by atoms with van der Waals surface area (Å²) in [6.07, 6.45) is 3.60. The summed E-state index contributed by atoms with van der Waals surface area (Å²) >= 11 is 0. The topological polar surface area (TPSA) is 55.1 Å². The number of piperidine rings is 1. The molecule has 3 heterocycles.